The SMILES string of the molecule is CC[NH+]1CCN(C(=S)c2ccc(OCC(=O)Nc3ccc(OC)cc3)cc2)CC1. The molecule has 3 rings (SSSR count). The minimum Gasteiger partial charge on any atom is -0.497 e. The highest BCUT2D eigenvalue weighted by Gasteiger charge is 2.21. The van der Waals surface area contributed by atoms with E-state index in [9.17, 15) is 4.79 Å². The van der Waals surface area contributed by atoms with E-state index in [1.54, 1.807) is 36.3 Å². The molecule has 1 aliphatic heterocycles. The van der Waals surface area contributed by atoms with Crippen LogP contribution in [0.15, 0.2) is 48.5 Å². The molecule has 154 valence electrons. The lowest BCUT2D eigenvalue weighted by atomic mass is 10.2. The van der Waals surface area contributed by atoms with Gasteiger partial charge in [-0.3, -0.25) is 4.79 Å². The average molecular weight is 415 g/mol. The monoisotopic (exact) mass is 414 g/mol. The topological polar surface area (TPSA) is 55.2 Å². The summed E-state index contributed by atoms with van der Waals surface area (Å²) in [6, 6.07) is 14.8. The molecule has 7 heteroatoms. The second kappa shape index (κ2) is 10.2. The number of likely N-dealkylation sites (N-methyl/N-ethyl adjacent to an activating group) is 1. The van der Waals surface area contributed by atoms with E-state index in [0.29, 0.717) is 11.4 Å². The molecular weight excluding hydrogens is 386 g/mol. The largest absolute Gasteiger partial charge is 0.497 e. The number of benzene rings is 2. The molecule has 1 heterocycles. The predicted octanol–water partition coefficient (Wildman–Crippen LogP) is 1.61. The van der Waals surface area contributed by atoms with Crippen molar-refractivity contribution in [3.05, 3.63) is 54.1 Å². The fourth-order valence-electron chi connectivity index (χ4n) is 3.28. The van der Waals surface area contributed by atoms with E-state index in [1.165, 1.54) is 6.54 Å². The maximum Gasteiger partial charge on any atom is 0.262 e. The first-order valence-electron chi connectivity index (χ1n) is 9.88. The normalized spacial score (nSPS) is 14.3. The quantitative estimate of drug-likeness (QED) is 0.675. The number of thiocarbonyl (C=S) groups is 1. The smallest absolute Gasteiger partial charge is 0.262 e. The number of anilines is 1. The van der Waals surface area contributed by atoms with Crippen molar-refractivity contribution in [3.8, 4) is 11.5 Å². The van der Waals surface area contributed by atoms with Crippen LogP contribution >= 0.6 is 12.2 Å². The van der Waals surface area contributed by atoms with Gasteiger partial charge < -0.3 is 24.6 Å². The molecule has 0 unspecified atom stereocenters. The summed E-state index contributed by atoms with van der Waals surface area (Å²) in [5.74, 6) is 1.17. The third-order valence-electron chi connectivity index (χ3n) is 5.10. The average Bonchev–Trinajstić information content (AvgIpc) is 2.78. The molecule has 29 heavy (non-hydrogen) atoms. The molecule has 0 aromatic heterocycles. The van der Waals surface area contributed by atoms with Gasteiger partial charge in [0.05, 0.1) is 39.8 Å². The van der Waals surface area contributed by atoms with E-state index < -0.39 is 0 Å². The Kier molecular flexibility index (Phi) is 7.43. The summed E-state index contributed by atoms with van der Waals surface area (Å²) in [6.45, 7) is 7.56. The van der Waals surface area contributed by atoms with Gasteiger partial charge in [-0.25, -0.2) is 0 Å². The van der Waals surface area contributed by atoms with Gasteiger partial charge in [0, 0.05) is 11.3 Å². The molecule has 0 atom stereocenters. The lowest BCUT2D eigenvalue weighted by Gasteiger charge is -2.33. The Labute approximate surface area is 177 Å². The molecule has 0 bridgehead atoms. The summed E-state index contributed by atoms with van der Waals surface area (Å²) in [6.07, 6.45) is 0. The Morgan fingerprint density at radius 1 is 1.07 bits per heavy atom. The Balaban J connectivity index is 1.47. The molecule has 2 aromatic rings. The van der Waals surface area contributed by atoms with Gasteiger partial charge in [-0.15, -0.1) is 0 Å². The van der Waals surface area contributed by atoms with E-state index >= 15 is 0 Å². The Bertz CT molecular complexity index is 816. The summed E-state index contributed by atoms with van der Waals surface area (Å²) in [5, 5.41) is 2.80. The second-order valence-corrected chi connectivity index (χ2v) is 7.37. The lowest BCUT2D eigenvalue weighted by Crippen LogP contribution is -3.14. The number of ether oxygens (including phenoxy) is 2. The third-order valence-corrected chi connectivity index (χ3v) is 5.60. The van der Waals surface area contributed by atoms with Gasteiger partial charge in [0.15, 0.2) is 6.61 Å². The van der Waals surface area contributed by atoms with Crippen molar-refractivity contribution in [1.82, 2.24) is 4.90 Å². The minimum atomic E-state index is -0.217. The molecule has 2 aromatic carbocycles. The first kappa shape index (κ1) is 21.1. The summed E-state index contributed by atoms with van der Waals surface area (Å²) < 4.78 is 10.7. The van der Waals surface area contributed by atoms with Gasteiger partial charge in [0.2, 0.25) is 0 Å². The van der Waals surface area contributed by atoms with Crippen LogP contribution in [0.2, 0.25) is 0 Å². The van der Waals surface area contributed by atoms with E-state index in [2.05, 4.69) is 17.1 Å². The number of methoxy groups -OCH3 is 1. The summed E-state index contributed by atoms with van der Waals surface area (Å²) in [7, 11) is 1.60. The molecule has 6 nitrogen and oxygen atoms in total. The molecule has 0 radical (unpaired) electrons. The van der Waals surface area contributed by atoms with Crippen molar-refractivity contribution in [2.24, 2.45) is 0 Å². The number of quaternary nitrogens is 1. The summed E-state index contributed by atoms with van der Waals surface area (Å²) in [5.41, 5.74) is 1.71. The van der Waals surface area contributed by atoms with Crippen molar-refractivity contribution in [2.75, 3.05) is 51.8 Å². The van der Waals surface area contributed by atoms with Crippen LogP contribution in [0.5, 0.6) is 11.5 Å². The van der Waals surface area contributed by atoms with Crippen LogP contribution in [0.3, 0.4) is 0 Å². The molecule has 2 N–H and O–H groups in total. The molecular formula is C22H28N3O3S+. The highest BCUT2D eigenvalue weighted by molar-refractivity contribution is 7.80. The van der Waals surface area contributed by atoms with E-state index in [4.69, 9.17) is 21.7 Å². The van der Waals surface area contributed by atoms with Gasteiger partial charge in [0.1, 0.15) is 16.5 Å². The number of carbonyl (C=O) groups excluding carboxylic acids is 1. The molecule has 0 spiro atoms. The van der Waals surface area contributed by atoms with Crippen LogP contribution in [0, 0.1) is 0 Å². The summed E-state index contributed by atoms with van der Waals surface area (Å²) in [4.78, 5) is 16.9. The number of nitrogens with zero attached hydrogens (tertiary/aromatic N) is 1. The fraction of sp³-hybridized carbons (Fsp3) is 0.364. The van der Waals surface area contributed by atoms with Crippen molar-refractivity contribution < 1.29 is 19.2 Å². The lowest BCUT2D eigenvalue weighted by molar-refractivity contribution is -0.902. The van der Waals surface area contributed by atoms with Crippen LogP contribution < -0.4 is 19.7 Å². The van der Waals surface area contributed by atoms with Crippen molar-refractivity contribution >= 4 is 28.8 Å². The number of nitrogens with one attached hydrogen (secondary N) is 2. The number of amides is 1. The van der Waals surface area contributed by atoms with E-state index in [1.807, 2.05) is 24.3 Å². The third kappa shape index (κ3) is 5.92. The van der Waals surface area contributed by atoms with Gasteiger partial charge in [-0.05, 0) is 55.5 Å². The highest BCUT2D eigenvalue weighted by atomic mass is 32.1. The Hall–Kier alpha value is -2.64. The first-order valence-corrected chi connectivity index (χ1v) is 10.3. The number of hydrogen-bond donors (Lipinski definition) is 2. The molecule has 1 fully saturated rings. The van der Waals surface area contributed by atoms with Gasteiger partial charge in [-0.2, -0.15) is 0 Å². The first-order chi connectivity index (χ1) is 14.1. The number of hydrogen-bond acceptors (Lipinski definition) is 4. The van der Waals surface area contributed by atoms with Gasteiger partial charge >= 0.3 is 0 Å². The van der Waals surface area contributed by atoms with Crippen LogP contribution in [0.1, 0.15) is 12.5 Å². The second-order valence-electron chi connectivity index (χ2n) is 6.99. The van der Waals surface area contributed by atoms with Gasteiger partial charge in [-0.1, -0.05) is 12.2 Å². The molecule has 1 saturated heterocycles. The predicted molar refractivity (Wildman–Crippen MR) is 118 cm³/mol. The molecule has 0 saturated carbocycles. The number of carbonyl (C=O) groups is 1. The zero-order valence-corrected chi connectivity index (χ0v) is 17.8. The van der Waals surface area contributed by atoms with Crippen molar-refractivity contribution in [3.63, 3.8) is 0 Å². The maximum atomic E-state index is 12.1. The van der Waals surface area contributed by atoms with Crippen LogP contribution in [0.4, 0.5) is 5.69 Å². The Morgan fingerprint density at radius 3 is 2.28 bits per heavy atom. The van der Waals surface area contributed by atoms with E-state index in [0.717, 1.165) is 42.5 Å². The standard InChI is InChI=1S/C22H27N3O3S/c1-3-24-12-14-25(15-13-24)22(29)17-4-8-20(9-5-17)28-16-21(26)23-18-6-10-19(27-2)11-7-18/h4-11H,3,12-16H2,1-2H3,(H,23,26)/p+1. The molecule has 1 amide bonds. The van der Waals surface area contributed by atoms with E-state index in [-0.39, 0.29) is 12.5 Å². The van der Waals surface area contributed by atoms with Crippen LogP contribution in [-0.4, -0.2) is 62.2 Å². The zero-order valence-electron chi connectivity index (χ0n) is 16.9. The minimum absolute atomic E-state index is 0.0580. The van der Waals surface area contributed by atoms with Crippen molar-refractivity contribution in [2.45, 2.75) is 6.92 Å². The van der Waals surface area contributed by atoms with Gasteiger partial charge in [0.25, 0.3) is 5.91 Å². The fourth-order valence-corrected chi connectivity index (χ4v) is 3.59. The molecule has 0 aliphatic carbocycles. The molecule has 1 aliphatic rings. The number of rotatable bonds is 7. The zero-order chi connectivity index (χ0) is 20.6. The maximum absolute atomic E-state index is 12.1. The summed E-state index contributed by atoms with van der Waals surface area (Å²) >= 11 is 5.66. The van der Waals surface area contributed by atoms with Crippen LogP contribution in [-0.2, 0) is 4.79 Å². The van der Waals surface area contributed by atoms with Crippen LogP contribution in [0.25, 0.3) is 0 Å². The highest BCUT2D eigenvalue weighted by Crippen LogP contribution is 2.16. The Morgan fingerprint density at radius 2 is 1.69 bits per heavy atom. The number of piperazine rings is 1. The van der Waals surface area contributed by atoms with Crippen molar-refractivity contribution in [1.29, 1.82) is 0 Å².